The largest absolute Gasteiger partial charge is 0.373 e. The van der Waals surface area contributed by atoms with Gasteiger partial charge in [0.05, 0.1) is 17.9 Å². The fourth-order valence-electron chi connectivity index (χ4n) is 2.24. The molecule has 1 saturated heterocycles. The number of aromatic nitrogens is 1. The highest BCUT2D eigenvalue weighted by Crippen LogP contribution is 2.28. The number of rotatable bonds is 3. The molecule has 1 N–H and O–H groups in total. The molecule has 1 aliphatic heterocycles. The van der Waals surface area contributed by atoms with Crippen LogP contribution < -0.4 is 4.72 Å². The fourth-order valence-corrected chi connectivity index (χ4v) is 4.33. The van der Waals surface area contributed by atoms with Crippen LogP contribution in [0.3, 0.4) is 0 Å². The highest BCUT2D eigenvalue weighted by atomic mass is 35.5. The number of nitrogens with zero attached hydrogens (tertiary/aromatic N) is 2. The standard InChI is InChI=1S/C12H17Cl2N3O3S/c1-7-4-10(13)15-12(14)11(7)16-21(18,19)17-5-8(2)20-9(3)6-17/h4,8-9,16H,5-6H2,1-3H3. The van der Waals surface area contributed by atoms with Crippen LogP contribution in [-0.2, 0) is 14.9 Å². The van der Waals surface area contributed by atoms with E-state index in [1.165, 1.54) is 4.31 Å². The summed E-state index contributed by atoms with van der Waals surface area (Å²) in [5, 5.41) is 0.243. The Morgan fingerprint density at radius 3 is 2.43 bits per heavy atom. The lowest BCUT2D eigenvalue weighted by molar-refractivity contribution is -0.0439. The van der Waals surface area contributed by atoms with Gasteiger partial charge >= 0.3 is 10.2 Å². The van der Waals surface area contributed by atoms with Gasteiger partial charge < -0.3 is 4.74 Å². The molecule has 0 radical (unpaired) electrons. The van der Waals surface area contributed by atoms with Crippen molar-refractivity contribution in [2.45, 2.75) is 33.0 Å². The molecule has 1 aliphatic rings. The van der Waals surface area contributed by atoms with Crippen LogP contribution in [0.15, 0.2) is 6.07 Å². The van der Waals surface area contributed by atoms with E-state index in [1.807, 2.05) is 13.8 Å². The third kappa shape index (κ3) is 3.98. The highest BCUT2D eigenvalue weighted by molar-refractivity contribution is 7.90. The fraction of sp³-hybridized carbons (Fsp3) is 0.583. The van der Waals surface area contributed by atoms with Crippen LogP contribution in [0.4, 0.5) is 5.69 Å². The van der Waals surface area contributed by atoms with Gasteiger partial charge in [-0.15, -0.1) is 0 Å². The molecule has 21 heavy (non-hydrogen) atoms. The van der Waals surface area contributed by atoms with Gasteiger partial charge in [0.2, 0.25) is 0 Å². The Morgan fingerprint density at radius 1 is 1.33 bits per heavy atom. The molecule has 2 unspecified atom stereocenters. The first kappa shape index (κ1) is 16.8. The van der Waals surface area contributed by atoms with E-state index in [4.69, 9.17) is 27.9 Å². The average Bonchev–Trinajstić information content (AvgIpc) is 2.32. The Labute approximate surface area is 134 Å². The number of hydrogen-bond acceptors (Lipinski definition) is 4. The first-order chi connectivity index (χ1) is 9.69. The Balaban J connectivity index is 2.26. The number of hydrogen-bond donors (Lipinski definition) is 1. The van der Waals surface area contributed by atoms with Gasteiger partial charge in [-0.05, 0) is 32.4 Å². The Hall–Kier alpha value is -0.600. The smallest absolute Gasteiger partial charge is 0.301 e. The summed E-state index contributed by atoms with van der Waals surface area (Å²) in [5.41, 5.74) is 0.853. The van der Waals surface area contributed by atoms with Gasteiger partial charge in [0.15, 0.2) is 5.15 Å². The molecule has 1 aromatic rings. The molecule has 1 aromatic heterocycles. The summed E-state index contributed by atoms with van der Waals surface area (Å²) in [6, 6.07) is 1.55. The Kier molecular flexibility index (Phi) is 4.99. The van der Waals surface area contributed by atoms with Gasteiger partial charge in [0, 0.05) is 13.1 Å². The van der Waals surface area contributed by atoms with Crippen LogP contribution in [0.2, 0.25) is 10.3 Å². The zero-order valence-electron chi connectivity index (χ0n) is 11.9. The van der Waals surface area contributed by atoms with Gasteiger partial charge in [-0.25, -0.2) is 4.98 Å². The molecule has 0 bridgehead atoms. The van der Waals surface area contributed by atoms with E-state index in [9.17, 15) is 8.42 Å². The van der Waals surface area contributed by atoms with Gasteiger partial charge in [-0.3, -0.25) is 4.72 Å². The molecule has 9 heteroatoms. The summed E-state index contributed by atoms with van der Waals surface area (Å²) >= 11 is 11.8. The molecule has 2 rings (SSSR count). The molecule has 2 atom stereocenters. The molecule has 0 amide bonds. The van der Waals surface area contributed by atoms with Crippen molar-refractivity contribution in [2.24, 2.45) is 0 Å². The van der Waals surface area contributed by atoms with Crippen LogP contribution in [0.5, 0.6) is 0 Å². The Morgan fingerprint density at radius 2 is 1.90 bits per heavy atom. The normalized spacial score (nSPS) is 24.0. The number of aryl methyl sites for hydroxylation is 1. The third-order valence-electron chi connectivity index (χ3n) is 3.10. The van der Waals surface area contributed by atoms with Crippen molar-refractivity contribution in [3.8, 4) is 0 Å². The van der Waals surface area contributed by atoms with E-state index < -0.39 is 10.2 Å². The molecule has 118 valence electrons. The van der Waals surface area contributed by atoms with Crippen molar-refractivity contribution >= 4 is 39.1 Å². The first-order valence-corrected chi connectivity index (χ1v) is 8.64. The number of nitrogens with one attached hydrogen (secondary N) is 1. The maximum absolute atomic E-state index is 12.5. The minimum Gasteiger partial charge on any atom is -0.373 e. The second kappa shape index (κ2) is 6.26. The van der Waals surface area contributed by atoms with Crippen LogP contribution >= 0.6 is 23.2 Å². The van der Waals surface area contributed by atoms with Crippen molar-refractivity contribution in [3.63, 3.8) is 0 Å². The van der Waals surface area contributed by atoms with Crippen LogP contribution in [0.1, 0.15) is 19.4 Å². The zero-order chi connectivity index (χ0) is 15.8. The summed E-state index contributed by atoms with van der Waals surface area (Å²) < 4.78 is 34.3. The zero-order valence-corrected chi connectivity index (χ0v) is 14.3. The van der Waals surface area contributed by atoms with E-state index in [2.05, 4.69) is 9.71 Å². The van der Waals surface area contributed by atoms with Crippen molar-refractivity contribution < 1.29 is 13.2 Å². The minimum absolute atomic E-state index is 0.0259. The molecule has 1 fully saturated rings. The SMILES string of the molecule is Cc1cc(Cl)nc(Cl)c1NS(=O)(=O)N1CC(C)OC(C)C1. The molecule has 0 aromatic carbocycles. The van der Waals surface area contributed by atoms with Gasteiger partial charge in [-0.2, -0.15) is 12.7 Å². The van der Waals surface area contributed by atoms with Gasteiger partial charge in [0.1, 0.15) is 5.15 Å². The number of halogens is 2. The van der Waals surface area contributed by atoms with Crippen LogP contribution in [0, 0.1) is 6.92 Å². The van der Waals surface area contributed by atoms with Crippen molar-refractivity contribution in [1.82, 2.24) is 9.29 Å². The van der Waals surface area contributed by atoms with E-state index in [1.54, 1.807) is 13.0 Å². The monoisotopic (exact) mass is 353 g/mol. The molecular formula is C12H17Cl2N3O3S. The van der Waals surface area contributed by atoms with Crippen molar-refractivity contribution in [1.29, 1.82) is 0 Å². The van der Waals surface area contributed by atoms with Crippen LogP contribution in [-0.4, -0.2) is 43.0 Å². The average molecular weight is 354 g/mol. The number of anilines is 1. The summed E-state index contributed by atoms with van der Waals surface area (Å²) in [4.78, 5) is 3.85. The Bertz CT molecular complexity index is 606. The predicted molar refractivity (Wildman–Crippen MR) is 83.1 cm³/mol. The van der Waals surface area contributed by atoms with Crippen molar-refractivity contribution in [2.75, 3.05) is 17.8 Å². The predicted octanol–water partition coefficient (Wildman–Crippen LogP) is 2.46. The summed E-state index contributed by atoms with van der Waals surface area (Å²) in [6.45, 7) is 5.96. The highest BCUT2D eigenvalue weighted by Gasteiger charge is 2.31. The number of pyridine rings is 1. The topological polar surface area (TPSA) is 71.5 Å². The second-order valence-corrected chi connectivity index (χ2v) is 7.53. The number of ether oxygens (including phenoxy) is 1. The lowest BCUT2D eigenvalue weighted by Crippen LogP contribution is -2.50. The lowest BCUT2D eigenvalue weighted by atomic mass is 10.3. The third-order valence-corrected chi connectivity index (χ3v) is 5.01. The van der Waals surface area contributed by atoms with Gasteiger partial charge in [0.25, 0.3) is 0 Å². The number of morpholine rings is 1. The quantitative estimate of drug-likeness (QED) is 0.847. The van der Waals surface area contributed by atoms with E-state index in [-0.39, 0.29) is 41.3 Å². The maximum Gasteiger partial charge on any atom is 0.301 e. The second-order valence-electron chi connectivity index (χ2n) is 5.11. The molecule has 0 aliphatic carbocycles. The molecule has 2 heterocycles. The van der Waals surface area contributed by atoms with E-state index in [0.29, 0.717) is 5.56 Å². The molecular weight excluding hydrogens is 337 g/mol. The lowest BCUT2D eigenvalue weighted by Gasteiger charge is -2.34. The molecule has 0 saturated carbocycles. The van der Waals surface area contributed by atoms with Crippen molar-refractivity contribution in [3.05, 3.63) is 21.9 Å². The van der Waals surface area contributed by atoms with Crippen LogP contribution in [0.25, 0.3) is 0 Å². The molecule has 0 spiro atoms. The summed E-state index contributed by atoms with van der Waals surface area (Å²) in [6.07, 6.45) is -0.324. The minimum atomic E-state index is -3.72. The summed E-state index contributed by atoms with van der Waals surface area (Å²) in [5.74, 6) is 0. The maximum atomic E-state index is 12.5. The van der Waals surface area contributed by atoms with E-state index >= 15 is 0 Å². The molecule has 6 nitrogen and oxygen atoms in total. The first-order valence-electron chi connectivity index (χ1n) is 6.45. The van der Waals surface area contributed by atoms with E-state index in [0.717, 1.165) is 0 Å². The summed E-state index contributed by atoms with van der Waals surface area (Å²) in [7, 11) is -3.72. The van der Waals surface area contributed by atoms with Gasteiger partial charge in [-0.1, -0.05) is 23.2 Å².